The number of aryl methyl sites for hydroxylation is 2. The van der Waals surface area contributed by atoms with Gasteiger partial charge in [0.25, 0.3) is 10.0 Å². The van der Waals surface area contributed by atoms with Crippen molar-refractivity contribution in [2.45, 2.75) is 31.7 Å². The highest BCUT2D eigenvalue weighted by atomic mass is 32.2. The summed E-state index contributed by atoms with van der Waals surface area (Å²) in [6.45, 7) is 3.95. The minimum Gasteiger partial charge on any atom is -0.494 e. The molecule has 0 unspecified atom stereocenters. The van der Waals surface area contributed by atoms with Crippen LogP contribution in [0, 0.1) is 6.92 Å². The molecular formula is C17H19N3O5S. The first-order chi connectivity index (χ1) is 12.3. The first-order valence-corrected chi connectivity index (χ1v) is 9.53. The number of aliphatic carboxylic acids is 1. The molecule has 2 heterocycles. The molecular weight excluding hydrogens is 358 g/mol. The van der Waals surface area contributed by atoms with E-state index in [1.54, 1.807) is 25.1 Å². The van der Waals surface area contributed by atoms with Crippen molar-refractivity contribution < 1.29 is 23.1 Å². The van der Waals surface area contributed by atoms with E-state index >= 15 is 0 Å². The number of imidazole rings is 1. The molecule has 1 aromatic carbocycles. The average molecular weight is 377 g/mol. The van der Waals surface area contributed by atoms with E-state index in [0.717, 1.165) is 3.97 Å². The summed E-state index contributed by atoms with van der Waals surface area (Å²) in [6.07, 6.45) is 2.93. The molecule has 3 aromatic rings. The number of aromatic amines is 1. The van der Waals surface area contributed by atoms with E-state index in [1.807, 2.05) is 6.92 Å². The van der Waals surface area contributed by atoms with Crippen molar-refractivity contribution >= 4 is 26.9 Å². The summed E-state index contributed by atoms with van der Waals surface area (Å²) in [5.74, 6) is 0.0845. The maximum Gasteiger partial charge on any atom is 0.303 e. The van der Waals surface area contributed by atoms with Gasteiger partial charge in [-0.3, -0.25) is 4.79 Å². The number of rotatable bonds is 7. The first-order valence-electron chi connectivity index (χ1n) is 8.09. The van der Waals surface area contributed by atoms with Crippen LogP contribution in [-0.4, -0.2) is 40.0 Å². The third-order valence-corrected chi connectivity index (χ3v) is 5.51. The van der Waals surface area contributed by atoms with Gasteiger partial charge in [0, 0.05) is 30.3 Å². The Balaban J connectivity index is 2.19. The number of fused-ring (bicyclic) bond motifs is 1. The minimum absolute atomic E-state index is 0.0894. The van der Waals surface area contributed by atoms with Crippen LogP contribution in [0.2, 0.25) is 0 Å². The predicted molar refractivity (Wildman–Crippen MR) is 95.0 cm³/mol. The largest absolute Gasteiger partial charge is 0.494 e. The molecule has 0 saturated carbocycles. The molecule has 8 nitrogen and oxygen atoms in total. The number of carboxylic acids is 1. The molecule has 0 saturated heterocycles. The zero-order valence-corrected chi connectivity index (χ0v) is 15.2. The Morgan fingerprint density at radius 1 is 1.38 bits per heavy atom. The molecule has 0 fully saturated rings. The lowest BCUT2D eigenvalue weighted by atomic mass is 10.1. The highest BCUT2D eigenvalue weighted by molar-refractivity contribution is 7.90. The maximum atomic E-state index is 13.0. The van der Waals surface area contributed by atoms with E-state index < -0.39 is 16.0 Å². The fourth-order valence-electron chi connectivity index (χ4n) is 2.77. The van der Waals surface area contributed by atoms with E-state index in [-0.39, 0.29) is 17.9 Å². The molecule has 138 valence electrons. The summed E-state index contributed by atoms with van der Waals surface area (Å²) >= 11 is 0. The molecule has 0 amide bonds. The van der Waals surface area contributed by atoms with E-state index in [2.05, 4.69) is 9.97 Å². The van der Waals surface area contributed by atoms with Crippen molar-refractivity contribution in [3.63, 3.8) is 0 Å². The van der Waals surface area contributed by atoms with Crippen LogP contribution in [0.25, 0.3) is 10.9 Å². The molecule has 26 heavy (non-hydrogen) atoms. The summed E-state index contributed by atoms with van der Waals surface area (Å²) in [5.41, 5.74) is 1.07. The molecule has 0 aliphatic heterocycles. The summed E-state index contributed by atoms with van der Waals surface area (Å²) in [6, 6.07) is 5.13. The number of benzene rings is 1. The van der Waals surface area contributed by atoms with Crippen molar-refractivity contribution in [2.24, 2.45) is 0 Å². The zero-order chi connectivity index (χ0) is 18.9. The number of hydrogen-bond donors (Lipinski definition) is 2. The Morgan fingerprint density at radius 2 is 2.15 bits per heavy atom. The topological polar surface area (TPSA) is 114 Å². The molecule has 0 aliphatic carbocycles. The number of ether oxygens (including phenoxy) is 1. The Morgan fingerprint density at radius 3 is 2.77 bits per heavy atom. The van der Waals surface area contributed by atoms with Gasteiger partial charge in [-0.05, 0) is 38.0 Å². The number of aromatic nitrogens is 3. The normalized spacial score (nSPS) is 11.8. The smallest absolute Gasteiger partial charge is 0.303 e. The Kier molecular flexibility index (Phi) is 4.73. The highest BCUT2D eigenvalue weighted by Gasteiger charge is 2.24. The summed E-state index contributed by atoms with van der Waals surface area (Å²) in [5, 5.41) is 9.52. The van der Waals surface area contributed by atoms with Gasteiger partial charge >= 0.3 is 5.97 Å². The van der Waals surface area contributed by atoms with E-state index in [4.69, 9.17) is 9.84 Å². The molecule has 2 N–H and O–H groups in total. The van der Waals surface area contributed by atoms with Crippen LogP contribution in [0.3, 0.4) is 0 Å². The van der Waals surface area contributed by atoms with Gasteiger partial charge in [0.2, 0.25) is 0 Å². The molecule has 0 radical (unpaired) electrons. The quantitative estimate of drug-likeness (QED) is 0.653. The summed E-state index contributed by atoms with van der Waals surface area (Å²) < 4.78 is 32.6. The Labute approximate surface area is 150 Å². The molecule has 0 atom stereocenters. The third-order valence-electron chi connectivity index (χ3n) is 3.95. The van der Waals surface area contributed by atoms with Gasteiger partial charge in [0.15, 0.2) is 5.03 Å². The van der Waals surface area contributed by atoms with Gasteiger partial charge in [-0.25, -0.2) is 8.96 Å². The van der Waals surface area contributed by atoms with Crippen LogP contribution in [-0.2, 0) is 21.2 Å². The molecule has 9 heteroatoms. The lowest BCUT2D eigenvalue weighted by molar-refractivity contribution is -0.136. The number of nitrogens with zero attached hydrogens (tertiary/aromatic N) is 2. The number of carbonyl (C=O) groups is 1. The van der Waals surface area contributed by atoms with Gasteiger partial charge in [-0.1, -0.05) is 0 Å². The molecule has 0 spiro atoms. The number of nitrogens with one attached hydrogen (secondary N) is 1. The number of H-pyrrole nitrogens is 1. The van der Waals surface area contributed by atoms with Crippen molar-refractivity contribution in [3.05, 3.63) is 42.0 Å². The lowest BCUT2D eigenvalue weighted by Gasteiger charge is -2.07. The molecule has 0 aliphatic rings. The van der Waals surface area contributed by atoms with Crippen LogP contribution in [0.15, 0.2) is 35.6 Å². The highest BCUT2D eigenvalue weighted by Crippen LogP contribution is 2.29. The van der Waals surface area contributed by atoms with Crippen molar-refractivity contribution in [1.29, 1.82) is 0 Å². The van der Waals surface area contributed by atoms with Crippen LogP contribution >= 0.6 is 0 Å². The Hall–Kier alpha value is -2.81. The van der Waals surface area contributed by atoms with Crippen molar-refractivity contribution in [3.8, 4) is 5.75 Å². The van der Waals surface area contributed by atoms with Crippen molar-refractivity contribution in [1.82, 2.24) is 13.9 Å². The second-order valence-corrected chi connectivity index (χ2v) is 7.55. The molecule has 3 rings (SSSR count). The monoisotopic (exact) mass is 377 g/mol. The van der Waals surface area contributed by atoms with Crippen LogP contribution in [0.1, 0.15) is 24.7 Å². The first kappa shape index (κ1) is 18.0. The van der Waals surface area contributed by atoms with E-state index in [1.165, 1.54) is 12.4 Å². The van der Waals surface area contributed by atoms with Crippen LogP contribution in [0.4, 0.5) is 0 Å². The Bertz CT molecular complexity index is 1070. The van der Waals surface area contributed by atoms with Crippen LogP contribution < -0.4 is 4.74 Å². The van der Waals surface area contributed by atoms with Crippen LogP contribution in [0.5, 0.6) is 5.75 Å². The van der Waals surface area contributed by atoms with Gasteiger partial charge < -0.3 is 14.8 Å². The number of hydrogen-bond acceptors (Lipinski definition) is 5. The second-order valence-electron chi connectivity index (χ2n) is 5.79. The van der Waals surface area contributed by atoms with Crippen molar-refractivity contribution in [2.75, 3.05) is 6.61 Å². The van der Waals surface area contributed by atoms with Gasteiger partial charge in [-0.2, -0.15) is 8.42 Å². The minimum atomic E-state index is -3.92. The lowest BCUT2D eigenvalue weighted by Crippen LogP contribution is -2.12. The molecule has 0 bridgehead atoms. The van der Waals surface area contributed by atoms with Gasteiger partial charge in [-0.15, -0.1) is 0 Å². The SMILES string of the molecule is CCOc1ccc2c(CCC(=O)O)cn(S(=O)(=O)c3c[nH]c(C)n3)c2c1. The standard InChI is InChI=1S/C17H19N3O5S/c1-3-25-13-5-6-14-12(4-7-17(21)22)10-20(15(14)8-13)26(23,24)16-9-18-11(2)19-16/h5-6,8-10H,3-4,7H2,1-2H3,(H,18,19)(H,21,22). The van der Waals surface area contributed by atoms with Gasteiger partial charge in [0.1, 0.15) is 11.6 Å². The third kappa shape index (κ3) is 3.30. The maximum absolute atomic E-state index is 13.0. The fraction of sp³-hybridized carbons (Fsp3) is 0.294. The summed E-state index contributed by atoms with van der Waals surface area (Å²) in [7, 11) is -3.92. The average Bonchev–Trinajstić information content (AvgIpc) is 3.17. The predicted octanol–water partition coefficient (Wildman–Crippen LogP) is 2.33. The van der Waals surface area contributed by atoms with Gasteiger partial charge in [0.05, 0.1) is 12.1 Å². The number of carboxylic acid groups (broad SMARTS) is 1. The second kappa shape index (κ2) is 6.83. The van der Waals surface area contributed by atoms with E-state index in [0.29, 0.717) is 34.6 Å². The summed E-state index contributed by atoms with van der Waals surface area (Å²) in [4.78, 5) is 17.7. The molecule has 2 aromatic heterocycles. The zero-order valence-electron chi connectivity index (χ0n) is 14.4. The fourth-order valence-corrected chi connectivity index (χ4v) is 4.11. The van der Waals surface area contributed by atoms with E-state index in [9.17, 15) is 13.2 Å².